The molecule has 1 aliphatic rings. The highest BCUT2D eigenvalue weighted by molar-refractivity contribution is 5.26. The SMILES string of the molecule is CC(C)c1ccc(CC2(O)CCCC(C)C2C)cc1. The van der Waals surface area contributed by atoms with Gasteiger partial charge in [-0.05, 0) is 35.3 Å². The molecule has 1 aliphatic carbocycles. The largest absolute Gasteiger partial charge is 0.389 e. The van der Waals surface area contributed by atoms with E-state index in [2.05, 4.69) is 52.0 Å². The Hall–Kier alpha value is -0.820. The van der Waals surface area contributed by atoms with Crippen LogP contribution in [0.15, 0.2) is 24.3 Å². The zero-order valence-electron chi connectivity index (χ0n) is 12.8. The Labute approximate surface area is 118 Å². The summed E-state index contributed by atoms with van der Waals surface area (Å²) in [5.74, 6) is 1.60. The average molecular weight is 260 g/mol. The summed E-state index contributed by atoms with van der Waals surface area (Å²) in [4.78, 5) is 0. The van der Waals surface area contributed by atoms with E-state index in [1.54, 1.807) is 0 Å². The van der Waals surface area contributed by atoms with E-state index in [-0.39, 0.29) is 0 Å². The minimum atomic E-state index is -0.503. The van der Waals surface area contributed by atoms with Crippen LogP contribution in [-0.4, -0.2) is 10.7 Å². The number of rotatable bonds is 3. The summed E-state index contributed by atoms with van der Waals surface area (Å²) in [5, 5.41) is 10.9. The molecule has 0 saturated heterocycles. The molecule has 19 heavy (non-hydrogen) atoms. The molecule has 2 rings (SSSR count). The molecular weight excluding hydrogens is 232 g/mol. The lowest BCUT2D eigenvalue weighted by Crippen LogP contribution is -2.44. The van der Waals surface area contributed by atoms with Gasteiger partial charge in [-0.2, -0.15) is 0 Å². The number of hydrogen-bond donors (Lipinski definition) is 1. The fourth-order valence-electron chi connectivity index (χ4n) is 3.36. The zero-order valence-corrected chi connectivity index (χ0v) is 12.8. The summed E-state index contributed by atoms with van der Waals surface area (Å²) in [5.41, 5.74) is 2.14. The van der Waals surface area contributed by atoms with E-state index < -0.39 is 5.60 Å². The third-order valence-corrected chi connectivity index (χ3v) is 5.13. The van der Waals surface area contributed by atoms with Crippen LogP contribution in [0.3, 0.4) is 0 Å². The van der Waals surface area contributed by atoms with Crippen molar-refractivity contribution in [2.24, 2.45) is 11.8 Å². The topological polar surface area (TPSA) is 20.2 Å². The van der Waals surface area contributed by atoms with Crippen LogP contribution in [0, 0.1) is 11.8 Å². The van der Waals surface area contributed by atoms with Gasteiger partial charge < -0.3 is 5.11 Å². The van der Waals surface area contributed by atoms with Crippen molar-refractivity contribution in [3.05, 3.63) is 35.4 Å². The van der Waals surface area contributed by atoms with Gasteiger partial charge in [-0.1, -0.05) is 64.8 Å². The van der Waals surface area contributed by atoms with Gasteiger partial charge in [0.25, 0.3) is 0 Å². The molecule has 0 spiro atoms. The maximum atomic E-state index is 10.9. The highest BCUT2D eigenvalue weighted by atomic mass is 16.3. The molecule has 106 valence electrons. The molecule has 1 N–H and O–H groups in total. The fourth-order valence-corrected chi connectivity index (χ4v) is 3.36. The maximum Gasteiger partial charge on any atom is 0.0715 e. The summed E-state index contributed by atoms with van der Waals surface area (Å²) >= 11 is 0. The summed E-state index contributed by atoms with van der Waals surface area (Å²) in [6.45, 7) is 8.92. The molecule has 0 aliphatic heterocycles. The van der Waals surface area contributed by atoms with E-state index in [0.717, 1.165) is 19.3 Å². The molecule has 0 aromatic heterocycles. The van der Waals surface area contributed by atoms with Crippen molar-refractivity contribution in [2.45, 2.75) is 64.9 Å². The predicted octanol–water partition coefficient (Wildman–Crippen LogP) is 4.54. The van der Waals surface area contributed by atoms with Gasteiger partial charge in [-0.15, -0.1) is 0 Å². The Kier molecular flexibility index (Phi) is 4.35. The molecule has 1 aromatic carbocycles. The smallest absolute Gasteiger partial charge is 0.0715 e. The first-order chi connectivity index (χ1) is 8.92. The lowest BCUT2D eigenvalue weighted by atomic mass is 9.68. The van der Waals surface area contributed by atoms with Gasteiger partial charge in [0, 0.05) is 6.42 Å². The van der Waals surface area contributed by atoms with Gasteiger partial charge >= 0.3 is 0 Å². The molecular formula is C18H28O. The van der Waals surface area contributed by atoms with Crippen LogP contribution in [0.4, 0.5) is 0 Å². The van der Waals surface area contributed by atoms with Gasteiger partial charge in [0.05, 0.1) is 5.60 Å². The Morgan fingerprint density at radius 2 is 1.84 bits per heavy atom. The molecule has 1 saturated carbocycles. The predicted molar refractivity (Wildman–Crippen MR) is 81.4 cm³/mol. The fraction of sp³-hybridized carbons (Fsp3) is 0.667. The zero-order chi connectivity index (χ0) is 14.0. The van der Waals surface area contributed by atoms with Crippen LogP contribution in [0.5, 0.6) is 0 Å². The van der Waals surface area contributed by atoms with Crippen molar-refractivity contribution in [2.75, 3.05) is 0 Å². The van der Waals surface area contributed by atoms with Crippen LogP contribution in [-0.2, 0) is 6.42 Å². The number of hydrogen-bond acceptors (Lipinski definition) is 1. The molecule has 0 amide bonds. The third-order valence-electron chi connectivity index (χ3n) is 5.13. The molecule has 3 atom stereocenters. The number of aliphatic hydroxyl groups is 1. The lowest BCUT2D eigenvalue weighted by Gasteiger charge is -2.42. The van der Waals surface area contributed by atoms with Crippen LogP contribution in [0.25, 0.3) is 0 Å². The monoisotopic (exact) mass is 260 g/mol. The van der Waals surface area contributed by atoms with E-state index in [1.807, 2.05) is 0 Å². The van der Waals surface area contributed by atoms with Crippen molar-refractivity contribution >= 4 is 0 Å². The minimum Gasteiger partial charge on any atom is -0.389 e. The summed E-state index contributed by atoms with van der Waals surface area (Å²) < 4.78 is 0. The molecule has 0 bridgehead atoms. The van der Waals surface area contributed by atoms with E-state index in [9.17, 15) is 5.11 Å². The van der Waals surface area contributed by atoms with Gasteiger partial charge in [0.2, 0.25) is 0 Å². The normalized spacial score (nSPS) is 31.7. The van der Waals surface area contributed by atoms with Crippen LogP contribution < -0.4 is 0 Å². The molecule has 1 fully saturated rings. The molecule has 0 radical (unpaired) electrons. The second-order valence-corrected chi connectivity index (χ2v) is 6.83. The Bertz CT molecular complexity index is 406. The maximum absolute atomic E-state index is 10.9. The molecule has 1 nitrogen and oxygen atoms in total. The first kappa shape index (κ1) is 14.6. The van der Waals surface area contributed by atoms with Crippen LogP contribution in [0.2, 0.25) is 0 Å². The van der Waals surface area contributed by atoms with Crippen molar-refractivity contribution in [1.29, 1.82) is 0 Å². The minimum absolute atomic E-state index is 0.394. The number of benzene rings is 1. The quantitative estimate of drug-likeness (QED) is 0.846. The Morgan fingerprint density at radius 1 is 1.21 bits per heavy atom. The van der Waals surface area contributed by atoms with Crippen LogP contribution in [0.1, 0.15) is 64.0 Å². The van der Waals surface area contributed by atoms with E-state index in [1.165, 1.54) is 17.5 Å². The Balaban J connectivity index is 2.11. The van der Waals surface area contributed by atoms with E-state index >= 15 is 0 Å². The molecule has 3 unspecified atom stereocenters. The molecule has 1 heteroatoms. The van der Waals surface area contributed by atoms with Crippen LogP contribution >= 0.6 is 0 Å². The van der Waals surface area contributed by atoms with Gasteiger partial charge in [0.15, 0.2) is 0 Å². The van der Waals surface area contributed by atoms with Gasteiger partial charge in [-0.3, -0.25) is 0 Å². The highest BCUT2D eigenvalue weighted by Crippen LogP contribution is 2.39. The van der Waals surface area contributed by atoms with Gasteiger partial charge in [-0.25, -0.2) is 0 Å². The van der Waals surface area contributed by atoms with Gasteiger partial charge in [0.1, 0.15) is 0 Å². The second kappa shape index (κ2) is 5.66. The van der Waals surface area contributed by atoms with Crippen molar-refractivity contribution in [1.82, 2.24) is 0 Å². The summed E-state index contributed by atoms with van der Waals surface area (Å²) in [6.07, 6.45) is 4.17. The summed E-state index contributed by atoms with van der Waals surface area (Å²) in [6, 6.07) is 8.80. The average Bonchev–Trinajstić information content (AvgIpc) is 2.36. The van der Waals surface area contributed by atoms with E-state index in [4.69, 9.17) is 0 Å². The Morgan fingerprint density at radius 3 is 2.42 bits per heavy atom. The first-order valence-corrected chi connectivity index (χ1v) is 7.73. The molecule has 0 heterocycles. The van der Waals surface area contributed by atoms with E-state index in [0.29, 0.717) is 17.8 Å². The second-order valence-electron chi connectivity index (χ2n) is 6.83. The summed E-state index contributed by atoms with van der Waals surface area (Å²) in [7, 11) is 0. The van der Waals surface area contributed by atoms with Crippen molar-refractivity contribution in [3.63, 3.8) is 0 Å². The van der Waals surface area contributed by atoms with Crippen molar-refractivity contribution < 1.29 is 5.11 Å². The first-order valence-electron chi connectivity index (χ1n) is 7.73. The third kappa shape index (κ3) is 3.20. The highest BCUT2D eigenvalue weighted by Gasteiger charge is 2.39. The molecule has 1 aromatic rings. The van der Waals surface area contributed by atoms with Crippen molar-refractivity contribution in [3.8, 4) is 0 Å². The standard InChI is InChI=1S/C18H28O/c1-13(2)17-9-7-16(8-10-17)12-18(19)11-5-6-14(3)15(18)4/h7-10,13-15,19H,5-6,11-12H2,1-4H3. The lowest BCUT2D eigenvalue weighted by molar-refractivity contribution is -0.0620.